The van der Waals surface area contributed by atoms with Crippen LogP contribution in [0.2, 0.25) is 0 Å². The summed E-state index contributed by atoms with van der Waals surface area (Å²) in [5.41, 5.74) is 0.741. The Morgan fingerprint density at radius 1 is 1.07 bits per heavy atom. The van der Waals surface area contributed by atoms with Crippen molar-refractivity contribution in [2.45, 2.75) is 31.9 Å². The lowest BCUT2D eigenvalue weighted by atomic mass is 9.72. The van der Waals surface area contributed by atoms with E-state index < -0.39 is 5.60 Å². The van der Waals surface area contributed by atoms with Crippen molar-refractivity contribution in [3.05, 3.63) is 84.4 Å². The topological polar surface area (TPSA) is 71.2 Å². The van der Waals surface area contributed by atoms with Crippen molar-refractivity contribution in [1.82, 2.24) is 19.7 Å². The number of carbonyl (C=O) groups is 1. The zero-order chi connectivity index (χ0) is 21.0. The molecule has 30 heavy (non-hydrogen) atoms. The first-order valence-corrected chi connectivity index (χ1v) is 10.5. The number of piperidine rings is 1. The van der Waals surface area contributed by atoms with Gasteiger partial charge in [0.05, 0.1) is 12.5 Å². The molecule has 1 amide bonds. The van der Waals surface area contributed by atoms with E-state index in [2.05, 4.69) is 10.1 Å². The third-order valence-corrected chi connectivity index (χ3v) is 6.17. The van der Waals surface area contributed by atoms with Crippen LogP contribution in [0.4, 0.5) is 0 Å². The third kappa shape index (κ3) is 4.00. The maximum Gasteiger partial charge on any atom is 0.227 e. The Hall–Kier alpha value is -2.99. The van der Waals surface area contributed by atoms with Gasteiger partial charge in [-0.15, -0.1) is 0 Å². The standard InChI is InChI=1S/C24H28N4O2/c1-19(16-28-18-25-17-26-28)23(29)27-14-12-22(13-15-27)24(30,20-8-4-2-5-9-20)21-10-6-3-7-11-21/h2-11,17-19,22,30H,12-16H2,1H3/t19-/m1/s1. The predicted molar refractivity (Wildman–Crippen MR) is 114 cm³/mol. The van der Waals surface area contributed by atoms with Crippen molar-refractivity contribution >= 4 is 5.91 Å². The minimum Gasteiger partial charge on any atom is -0.380 e. The molecule has 4 rings (SSSR count). The lowest BCUT2D eigenvalue weighted by molar-refractivity contribution is -0.138. The molecule has 156 valence electrons. The molecule has 0 aliphatic carbocycles. The van der Waals surface area contributed by atoms with E-state index in [4.69, 9.17) is 0 Å². The maximum absolute atomic E-state index is 12.9. The average Bonchev–Trinajstić information content (AvgIpc) is 3.32. The number of likely N-dealkylation sites (tertiary alicyclic amines) is 1. The molecule has 2 heterocycles. The summed E-state index contributed by atoms with van der Waals surface area (Å²) in [7, 11) is 0. The largest absolute Gasteiger partial charge is 0.380 e. The van der Waals surface area contributed by atoms with E-state index in [1.54, 1.807) is 11.0 Å². The molecular formula is C24H28N4O2. The summed E-state index contributed by atoms with van der Waals surface area (Å²) in [6, 6.07) is 19.8. The first kappa shape index (κ1) is 20.3. The van der Waals surface area contributed by atoms with Gasteiger partial charge in [-0.3, -0.25) is 9.48 Å². The average molecular weight is 405 g/mol. The fourth-order valence-electron chi connectivity index (χ4n) is 4.54. The number of carbonyl (C=O) groups excluding carboxylic acids is 1. The zero-order valence-corrected chi connectivity index (χ0v) is 17.3. The van der Waals surface area contributed by atoms with Gasteiger partial charge in [-0.2, -0.15) is 5.10 Å². The van der Waals surface area contributed by atoms with Crippen molar-refractivity contribution in [2.75, 3.05) is 13.1 Å². The van der Waals surface area contributed by atoms with Crippen LogP contribution < -0.4 is 0 Å². The molecule has 0 unspecified atom stereocenters. The van der Waals surface area contributed by atoms with Crippen LogP contribution in [-0.4, -0.2) is 43.8 Å². The third-order valence-electron chi connectivity index (χ3n) is 6.17. The van der Waals surface area contributed by atoms with Gasteiger partial charge in [-0.05, 0) is 29.9 Å². The molecule has 1 aliphatic rings. The van der Waals surface area contributed by atoms with E-state index in [-0.39, 0.29) is 17.7 Å². The quantitative estimate of drug-likeness (QED) is 0.685. The van der Waals surface area contributed by atoms with E-state index >= 15 is 0 Å². The van der Waals surface area contributed by atoms with Gasteiger partial charge in [0, 0.05) is 13.1 Å². The number of hydrogen-bond acceptors (Lipinski definition) is 4. The first-order valence-electron chi connectivity index (χ1n) is 10.5. The van der Waals surface area contributed by atoms with Crippen LogP contribution in [0.5, 0.6) is 0 Å². The molecule has 1 aromatic heterocycles. The summed E-state index contributed by atoms with van der Waals surface area (Å²) in [5, 5.41) is 16.1. The Kier molecular flexibility index (Phi) is 5.95. The smallest absolute Gasteiger partial charge is 0.227 e. The molecule has 1 saturated heterocycles. The molecule has 1 fully saturated rings. The summed E-state index contributed by atoms with van der Waals surface area (Å²) in [6.07, 6.45) is 4.62. The van der Waals surface area contributed by atoms with Gasteiger partial charge in [-0.1, -0.05) is 67.6 Å². The van der Waals surface area contributed by atoms with Crippen LogP contribution in [0.1, 0.15) is 30.9 Å². The number of aromatic nitrogens is 3. The molecule has 6 heteroatoms. The van der Waals surface area contributed by atoms with Gasteiger partial charge >= 0.3 is 0 Å². The summed E-state index contributed by atoms with van der Waals surface area (Å²) in [4.78, 5) is 18.8. The lowest BCUT2D eigenvalue weighted by Gasteiger charge is -2.42. The monoisotopic (exact) mass is 404 g/mol. The number of rotatable bonds is 6. The molecule has 1 N–H and O–H groups in total. The molecule has 1 aliphatic heterocycles. The minimum atomic E-state index is -1.07. The Morgan fingerprint density at radius 3 is 2.13 bits per heavy atom. The Labute approximate surface area is 177 Å². The first-order chi connectivity index (χ1) is 14.6. The Morgan fingerprint density at radius 2 is 1.63 bits per heavy atom. The minimum absolute atomic E-state index is 0.0389. The van der Waals surface area contributed by atoms with E-state index in [0.717, 1.165) is 24.0 Å². The number of amides is 1. The molecule has 0 bridgehead atoms. The highest BCUT2D eigenvalue weighted by molar-refractivity contribution is 5.78. The summed E-state index contributed by atoms with van der Waals surface area (Å²) >= 11 is 0. The number of hydrogen-bond donors (Lipinski definition) is 1. The van der Waals surface area contributed by atoms with Crippen LogP contribution in [0.25, 0.3) is 0 Å². The fraction of sp³-hybridized carbons (Fsp3) is 0.375. The van der Waals surface area contributed by atoms with Crippen molar-refractivity contribution in [1.29, 1.82) is 0 Å². The zero-order valence-electron chi connectivity index (χ0n) is 17.3. The van der Waals surface area contributed by atoms with Gasteiger partial charge in [0.15, 0.2) is 0 Å². The van der Waals surface area contributed by atoms with Gasteiger partial charge in [-0.25, -0.2) is 4.98 Å². The molecule has 0 saturated carbocycles. The van der Waals surface area contributed by atoms with E-state index in [1.165, 1.54) is 6.33 Å². The predicted octanol–water partition coefficient (Wildman–Crippen LogP) is 3.09. The second-order valence-corrected chi connectivity index (χ2v) is 8.12. The summed E-state index contributed by atoms with van der Waals surface area (Å²) < 4.78 is 1.69. The van der Waals surface area contributed by atoms with Crippen molar-refractivity contribution in [2.24, 2.45) is 11.8 Å². The van der Waals surface area contributed by atoms with Gasteiger partial charge < -0.3 is 10.0 Å². The van der Waals surface area contributed by atoms with Gasteiger partial charge in [0.25, 0.3) is 0 Å². The van der Waals surface area contributed by atoms with E-state index in [0.29, 0.717) is 19.6 Å². The van der Waals surface area contributed by atoms with Crippen LogP contribution in [-0.2, 0) is 16.9 Å². The normalized spacial score (nSPS) is 16.4. The van der Waals surface area contributed by atoms with Gasteiger partial charge in [0.1, 0.15) is 18.3 Å². The van der Waals surface area contributed by atoms with Crippen LogP contribution in [0.3, 0.4) is 0 Å². The van der Waals surface area contributed by atoms with Crippen molar-refractivity contribution in [3.63, 3.8) is 0 Å². The highest BCUT2D eigenvalue weighted by Crippen LogP contribution is 2.42. The second kappa shape index (κ2) is 8.79. The molecule has 3 aromatic rings. The highest BCUT2D eigenvalue weighted by Gasteiger charge is 2.42. The van der Waals surface area contributed by atoms with Crippen LogP contribution in [0, 0.1) is 11.8 Å². The summed E-state index contributed by atoms with van der Waals surface area (Å²) in [5.74, 6) is 0.00858. The number of aliphatic hydroxyl groups is 1. The highest BCUT2D eigenvalue weighted by atomic mass is 16.3. The van der Waals surface area contributed by atoms with Crippen LogP contribution >= 0.6 is 0 Å². The van der Waals surface area contributed by atoms with Crippen molar-refractivity contribution in [3.8, 4) is 0 Å². The number of nitrogens with zero attached hydrogens (tertiary/aromatic N) is 4. The maximum atomic E-state index is 12.9. The second-order valence-electron chi connectivity index (χ2n) is 8.12. The molecule has 1 atom stereocenters. The van der Waals surface area contributed by atoms with E-state index in [9.17, 15) is 9.90 Å². The van der Waals surface area contributed by atoms with Crippen molar-refractivity contribution < 1.29 is 9.90 Å². The van der Waals surface area contributed by atoms with Gasteiger partial charge in [0.2, 0.25) is 5.91 Å². The molecule has 0 radical (unpaired) electrons. The summed E-state index contributed by atoms with van der Waals surface area (Å²) in [6.45, 7) is 3.75. The SMILES string of the molecule is C[C@H](Cn1cncn1)C(=O)N1CCC(C(O)(c2ccccc2)c2ccccc2)CC1. The van der Waals surface area contributed by atoms with Crippen LogP contribution in [0.15, 0.2) is 73.3 Å². The number of benzene rings is 2. The Balaban J connectivity index is 1.49. The molecule has 6 nitrogen and oxygen atoms in total. The Bertz CT molecular complexity index is 896. The molecule has 2 aromatic carbocycles. The molecule has 0 spiro atoms. The fourth-order valence-corrected chi connectivity index (χ4v) is 4.54. The lowest BCUT2D eigenvalue weighted by Crippen LogP contribution is -2.47. The van der Waals surface area contributed by atoms with E-state index in [1.807, 2.05) is 72.5 Å². The molecular weight excluding hydrogens is 376 g/mol.